The van der Waals surface area contributed by atoms with Crippen LogP contribution in [-0.2, 0) is 13.0 Å². The van der Waals surface area contributed by atoms with Crippen LogP contribution in [0.5, 0.6) is 5.75 Å². The first kappa shape index (κ1) is 13.5. The van der Waals surface area contributed by atoms with Crippen molar-refractivity contribution >= 4 is 27.5 Å². The third-order valence-corrected chi connectivity index (χ3v) is 3.96. The summed E-state index contributed by atoms with van der Waals surface area (Å²) in [7, 11) is 0. The van der Waals surface area contributed by atoms with Crippen LogP contribution in [0.1, 0.15) is 11.1 Å². The number of halogens is 2. The first-order valence-corrected chi connectivity index (χ1v) is 7.15. The van der Waals surface area contributed by atoms with Gasteiger partial charge in [-0.25, -0.2) is 4.79 Å². The van der Waals surface area contributed by atoms with E-state index in [0.29, 0.717) is 16.1 Å². The van der Waals surface area contributed by atoms with Crippen molar-refractivity contribution in [1.82, 2.24) is 9.55 Å². The molecule has 0 spiro atoms. The van der Waals surface area contributed by atoms with Crippen LogP contribution in [0.2, 0.25) is 5.02 Å². The first-order chi connectivity index (χ1) is 9.56. The molecule has 0 fully saturated rings. The maximum absolute atomic E-state index is 12.0. The van der Waals surface area contributed by atoms with Gasteiger partial charge in [0.2, 0.25) is 0 Å². The van der Waals surface area contributed by atoms with E-state index in [4.69, 9.17) is 16.3 Å². The number of ether oxygens (including phenoxy) is 1. The molecule has 1 aliphatic rings. The molecule has 0 saturated carbocycles. The normalized spacial score (nSPS) is 13.1. The molecule has 1 N–H and O–H groups in total. The van der Waals surface area contributed by atoms with Gasteiger partial charge in [-0.3, -0.25) is 9.36 Å². The molecule has 104 valence electrons. The van der Waals surface area contributed by atoms with Crippen LogP contribution in [0.3, 0.4) is 0 Å². The SMILES string of the molecule is O=c1[nH]cc(Br)c(=O)n1Cc1cc(Cl)cc2c1OCC2. The van der Waals surface area contributed by atoms with E-state index < -0.39 is 5.69 Å². The maximum Gasteiger partial charge on any atom is 0.328 e. The zero-order chi connectivity index (χ0) is 14.3. The summed E-state index contributed by atoms with van der Waals surface area (Å²) >= 11 is 9.18. The third kappa shape index (κ3) is 2.29. The standard InChI is InChI=1S/C13H10BrClN2O3/c14-10-5-16-13(19)17(12(10)18)6-8-4-9(15)3-7-1-2-20-11(7)8/h3-5H,1-2,6H2,(H,16,19). The van der Waals surface area contributed by atoms with Crippen molar-refractivity contribution in [3.05, 3.63) is 59.8 Å². The predicted octanol–water partition coefficient (Wildman–Crippen LogP) is 1.94. The van der Waals surface area contributed by atoms with Crippen molar-refractivity contribution < 1.29 is 4.74 Å². The molecule has 5 nitrogen and oxygen atoms in total. The van der Waals surface area contributed by atoms with E-state index in [0.717, 1.165) is 27.9 Å². The Balaban J connectivity index is 2.12. The lowest BCUT2D eigenvalue weighted by molar-refractivity contribution is 0.352. The highest BCUT2D eigenvalue weighted by atomic mass is 79.9. The van der Waals surface area contributed by atoms with Gasteiger partial charge in [-0.05, 0) is 33.6 Å². The molecule has 0 amide bonds. The van der Waals surface area contributed by atoms with E-state index in [-0.39, 0.29) is 12.1 Å². The van der Waals surface area contributed by atoms with E-state index in [1.807, 2.05) is 6.07 Å². The minimum atomic E-state index is -0.468. The second kappa shape index (κ2) is 5.10. The molecule has 2 aromatic rings. The zero-order valence-corrected chi connectivity index (χ0v) is 12.6. The Morgan fingerprint density at radius 1 is 1.40 bits per heavy atom. The molecular formula is C13H10BrClN2O3. The van der Waals surface area contributed by atoms with Crippen molar-refractivity contribution in [2.24, 2.45) is 0 Å². The molecule has 3 rings (SSSR count). The van der Waals surface area contributed by atoms with E-state index in [1.54, 1.807) is 6.07 Å². The zero-order valence-electron chi connectivity index (χ0n) is 10.3. The summed E-state index contributed by atoms with van der Waals surface area (Å²) in [5.74, 6) is 0.723. The monoisotopic (exact) mass is 356 g/mol. The van der Waals surface area contributed by atoms with Gasteiger partial charge in [0.15, 0.2) is 0 Å². The minimum Gasteiger partial charge on any atom is -0.493 e. The summed E-state index contributed by atoms with van der Waals surface area (Å²) < 4.78 is 6.98. The Labute approximate surface area is 127 Å². The fourth-order valence-corrected chi connectivity index (χ4v) is 2.86. The lowest BCUT2D eigenvalue weighted by Crippen LogP contribution is -2.35. The Kier molecular flexibility index (Phi) is 3.43. The lowest BCUT2D eigenvalue weighted by Gasteiger charge is -2.10. The average molecular weight is 358 g/mol. The second-order valence-corrected chi connectivity index (χ2v) is 5.78. The summed E-state index contributed by atoms with van der Waals surface area (Å²) in [6.07, 6.45) is 2.12. The topological polar surface area (TPSA) is 64.1 Å². The van der Waals surface area contributed by atoms with Crippen LogP contribution in [-0.4, -0.2) is 16.2 Å². The fourth-order valence-electron chi connectivity index (χ4n) is 2.26. The number of rotatable bonds is 2. The maximum atomic E-state index is 12.0. The molecule has 0 atom stereocenters. The number of fused-ring (bicyclic) bond motifs is 1. The molecule has 7 heteroatoms. The molecular weight excluding hydrogens is 348 g/mol. The van der Waals surface area contributed by atoms with Gasteiger partial charge in [-0.2, -0.15) is 0 Å². The van der Waals surface area contributed by atoms with Crippen molar-refractivity contribution in [3.8, 4) is 5.75 Å². The molecule has 1 aromatic heterocycles. The van der Waals surface area contributed by atoms with Crippen LogP contribution in [0.15, 0.2) is 32.4 Å². The van der Waals surface area contributed by atoms with Gasteiger partial charge in [0.05, 0.1) is 17.6 Å². The first-order valence-electron chi connectivity index (χ1n) is 5.98. The summed E-state index contributed by atoms with van der Waals surface area (Å²) in [6, 6.07) is 3.57. The molecule has 1 aliphatic heterocycles. The molecule has 2 heterocycles. The number of aromatic nitrogens is 2. The molecule has 0 aliphatic carbocycles. The van der Waals surface area contributed by atoms with E-state index >= 15 is 0 Å². The Morgan fingerprint density at radius 2 is 2.20 bits per heavy atom. The van der Waals surface area contributed by atoms with Crippen molar-refractivity contribution in [3.63, 3.8) is 0 Å². The molecule has 0 radical (unpaired) electrons. The molecule has 20 heavy (non-hydrogen) atoms. The summed E-state index contributed by atoms with van der Waals surface area (Å²) in [6.45, 7) is 0.711. The number of nitrogens with zero attached hydrogens (tertiary/aromatic N) is 1. The van der Waals surface area contributed by atoms with Gasteiger partial charge in [0, 0.05) is 23.2 Å². The van der Waals surface area contributed by atoms with Gasteiger partial charge in [-0.1, -0.05) is 11.6 Å². The van der Waals surface area contributed by atoms with Crippen LogP contribution in [0.4, 0.5) is 0 Å². The van der Waals surface area contributed by atoms with Gasteiger partial charge >= 0.3 is 5.69 Å². The quantitative estimate of drug-likeness (QED) is 0.893. The molecule has 0 bridgehead atoms. The second-order valence-electron chi connectivity index (χ2n) is 4.48. The molecule has 1 aromatic carbocycles. The number of H-pyrrole nitrogens is 1. The Morgan fingerprint density at radius 3 is 3.00 bits per heavy atom. The van der Waals surface area contributed by atoms with Crippen molar-refractivity contribution in [2.75, 3.05) is 6.61 Å². The van der Waals surface area contributed by atoms with Crippen molar-refractivity contribution in [1.29, 1.82) is 0 Å². The van der Waals surface area contributed by atoms with Crippen LogP contribution < -0.4 is 16.0 Å². The number of aromatic amines is 1. The highest BCUT2D eigenvalue weighted by molar-refractivity contribution is 9.10. The largest absolute Gasteiger partial charge is 0.493 e. The third-order valence-electron chi connectivity index (χ3n) is 3.17. The molecule has 0 unspecified atom stereocenters. The number of nitrogens with one attached hydrogen (secondary N) is 1. The fraction of sp³-hybridized carbons (Fsp3) is 0.231. The minimum absolute atomic E-state index is 0.122. The van der Waals surface area contributed by atoms with E-state index in [1.165, 1.54) is 6.20 Å². The van der Waals surface area contributed by atoms with Gasteiger partial charge in [0.25, 0.3) is 5.56 Å². The van der Waals surface area contributed by atoms with Gasteiger partial charge < -0.3 is 9.72 Å². The van der Waals surface area contributed by atoms with E-state index in [9.17, 15) is 9.59 Å². The van der Waals surface area contributed by atoms with Crippen LogP contribution >= 0.6 is 27.5 Å². The Hall–Kier alpha value is -1.53. The molecule has 0 saturated heterocycles. The van der Waals surface area contributed by atoms with Crippen molar-refractivity contribution in [2.45, 2.75) is 13.0 Å². The highest BCUT2D eigenvalue weighted by Crippen LogP contribution is 2.32. The van der Waals surface area contributed by atoms with Crippen LogP contribution in [0, 0.1) is 0 Å². The lowest BCUT2D eigenvalue weighted by atomic mass is 10.1. The predicted molar refractivity (Wildman–Crippen MR) is 78.8 cm³/mol. The average Bonchev–Trinajstić information content (AvgIpc) is 2.87. The Bertz CT molecular complexity index is 797. The van der Waals surface area contributed by atoms with E-state index in [2.05, 4.69) is 20.9 Å². The number of hydrogen-bond donors (Lipinski definition) is 1. The van der Waals surface area contributed by atoms with Gasteiger partial charge in [0.1, 0.15) is 5.75 Å². The number of benzene rings is 1. The van der Waals surface area contributed by atoms with Crippen LogP contribution in [0.25, 0.3) is 0 Å². The highest BCUT2D eigenvalue weighted by Gasteiger charge is 2.19. The van der Waals surface area contributed by atoms with Gasteiger partial charge in [-0.15, -0.1) is 0 Å². The summed E-state index contributed by atoms with van der Waals surface area (Å²) in [5.41, 5.74) is 0.882. The smallest absolute Gasteiger partial charge is 0.328 e. The summed E-state index contributed by atoms with van der Waals surface area (Å²) in [5, 5.41) is 0.573. The number of hydrogen-bond acceptors (Lipinski definition) is 3. The summed E-state index contributed by atoms with van der Waals surface area (Å²) in [4.78, 5) is 26.3.